The Kier molecular flexibility index (Phi) is 3.45. The van der Waals surface area contributed by atoms with Gasteiger partial charge in [-0.15, -0.1) is 0 Å². The summed E-state index contributed by atoms with van der Waals surface area (Å²) in [4.78, 5) is 20.0. The summed E-state index contributed by atoms with van der Waals surface area (Å²) in [6.45, 7) is 3.51. The second-order valence-corrected chi connectivity index (χ2v) is 6.21. The molecule has 2 unspecified atom stereocenters. The molecule has 6 heteroatoms. The quantitative estimate of drug-likeness (QED) is 0.851. The molecule has 2 N–H and O–H groups in total. The van der Waals surface area contributed by atoms with Gasteiger partial charge in [-0.2, -0.15) is 0 Å². The van der Waals surface area contributed by atoms with Gasteiger partial charge in [-0.05, 0) is 33.2 Å². The molecule has 104 valence electrons. The molecule has 1 aromatic heterocycles. The van der Waals surface area contributed by atoms with Crippen LogP contribution >= 0.6 is 11.3 Å². The van der Waals surface area contributed by atoms with Gasteiger partial charge in [0, 0.05) is 24.0 Å². The van der Waals surface area contributed by atoms with Crippen molar-refractivity contribution in [1.82, 2.24) is 15.6 Å². The molecule has 19 heavy (non-hydrogen) atoms. The molecule has 0 spiro atoms. The number of fused-ring (bicyclic) bond motifs is 1. The zero-order valence-corrected chi connectivity index (χ0v) is 12.2. The summed E-state index contributed by atoms with van der Waals surface area (Å²) < 4.78 is 0. The fourth-order valence-corrected chi connectivity index (χ4v) is 4.21. The molecule has 2 aliphatic rings. The van der Waals surface area contributed by atoms with Crippen LogP contribution in [-0.2, 0) is 11.2 Å². The third-order valence-corrected chi connectivity index (χ3v) is 5.28. The van der Waals surface area contributed by atoms with Crippen LogP contribution in [0.3, 0.4) is 0 Å². The smallest absolute Gasteiger partial charge is 0.242 e. The number of hydrogen-bond donors (Lipinski definition) is 2. The average molecular weight is 280 g/mol. The van der Waals surface area contributed by atoms with E-state index >= 15 is 0 Å². The van der Waals surface area contributed by atoms with Gasteiger partial charge in [0.2, 0.25) is 5.91 Å². The molecule has 0 aromatic carbocycles. The lowest BCUT2D eigenvalue weighted by molar-refractivity contribution is -0.122. The maximum atomic E-state index is 11.8. The van der Waals surface area contributed by atoms with Crippen LogP contribution in [0.4, 0.5) is 5.13 Å². The molecule has 1 amide bonds. The minimum Gasteiger partial charge on any atom is -0.353 e. The van der Waals surface area contributed by atoms with Crippen molar-refractivity contribution in [2.75, 3.05) is 25.0 Å². The van der Waals surface area contributed by atoms with E-state index in [1.807, 2.05) is 14.0 Å². The Morgan fingerprint density at radius 1 is 1.53 bits per heavy atom. The van der Waals surface area contributed by atoms with Crippen molar-refractivity contribution in [2.45, 2.75) is 38.3 Å². The number of aryl methyl sites for hydroxylation is 1. The Morgan fingerprint density at radius 2 is 2.37 bits per heavy atom. The highest BCUT2D eigenvalue weighted by Crippen LogP contribution is 2.38. The van der Waals surface area contributed by atoms with Crippen molar-refractivity contribution >= 4 is 22.4 Å². The first kappa shape index (κ1) is 12.9. The molecule has 0 radical (unpaired) electrons. The van der Waals surface area contributed by atoms with Gasteiger partial charge in [-0.25, -0.2) is 4.98 Å². The summed E-state index contributed by atoms with van der Waals surface area (Å²) in [5.41, 5.74) is 1.23. The number of rotatable bonds is 2. The van der Waals surface area contributed by atoms with Gasteiger partial charge < -0.3 is 15.5 Å². The maximum absolute atomic E-state index is 11.8. The van der Waals surface area contributed by atoms with Crippen LogP contribution in [0.2, 0.25) is 0 Å². The van der Waals surface area contributed by atoms with Gasteiger partial charge in [0.1, 0.15) is 6.04 Å². The second-order valence-electron chi connectivity index (χ2n) is 5.20. The topological polar surface area (TPSA) is 57.3 Å². The normalized spacial score (nSPS) is 27.1. The summed E-state index contributed by atoms with van der Waals surface area (Å²) in [7, 11) is 2.01. The van der Waals surface area contributed by atoms with Gasteiger partial charge in [0.25, 0.3) is 0 Å². The van der Waals surface area contributed by atoms with Crippen molar-refractivity contribution in [3.05, 3.63) is 10.6 Å². The van der Waals surface area contributed by atoms with Crippen LogP contribution in [0.15, 0.2) is 0 Å². The van der Waals surface area contributed by atoms with Crippen LogP contribution < -0.4 is 15.5 Å². The molecule has 1 aliphatic heterocycles. The molecule has 2 atom stereocenters. The number of piperazine rings is 1. The number of hydrogen-bond acceptors (Lipinski definition) is 5. The number of aromatic nitrogens is 1. The zero-order valence-electron chi connectivity index (χ0n) is 11.4. The molecular formula is C13H20N4OS. The zero-order chi connectivity index (χ0) is 13.4. The van der Waals surface area contributed by atoms with Gasteiger partial charge in [-0.3, -0.25) is 4.79 Å². The van der Waals surface area contributed by atoms with Gasteiger partial charge in [0.05, 0.1) is 5.69 Å². The predicted octanol–water partition coefficient (Wildman–Crippen LogP) is 1.06. The molecule has 1 aliphatic carbocycles. The second kappa shape index (κ2) is 5.09. The molecule has 1 saturated heterocycles. The molecule has 1 aromatic rings. The predicted molar refractivity (Wildman–Crippen MR) is 76.7 cm³/mol. The van der Waals surface area contributed by atoms with Crippen molar-refractivity contribution < 1.29 is 4.79 Å². The van der Waals surface area contributed by atoms with E-state index in [1.165, 1.54) is 23.4 Å². The fraction of sp³-hybridized carbons (Fsp3) is 0.692. The first-order valence-electron chi connectivity index (χ1n) is 6.92. The van der Waals surface area contributed by atoms with E-state index in [0.29, 0.717) is 12.6 Å². The summed E-state index contributed by atoms with van der Waals surface area (Å²) in [5, 5.41) is 7.27. The molecule has 0 bridgehead atoms. The van der Waals surface area contributed by atoms with Crippen LogP contribution in [0.5, 0.6) is 0 Å². The highest BCUT2D eigenvalue weighted by molar-refractivity contribution is 7.15. The van der Waals surface area contributed by atoms with Crippen LogP contribution in [0.25, 0.3) is 0 Å². The van der Waals surface area contributed by atoms with E-state index in [1.54, 1.807) is 11.3 Å². The van der Waals surface area contributed by atoms with E-state index in [9.17, 15) is 4.79 Å². The highest BCUT2D eigenvalue weighted by atomic mass is 32.1. The monoisotopic (exact) mass is 280 g/mol. The van der Waals surface area contributed by atoms with Gasteiger partial charge in [0.15, 0.2) is 5.13 Å². The highest BCUT2D eigenvalue weighted by Gasteiger charge is 2.30. The summed E-state index contributed by atoms with van der Waals surface area (Å²) >= 11 is 1.75. The maximum Gasteiger partial charge on any atom is 0.242 e. The van der Waals surface area contributed by atoms with Crippen molar-refractivity contribution in [3.8, 4) is 0 Å². The van der Waals surface area contributed by atoms with E-state index in [4.69, 9.17) is 4.98 Å². The summed E-state index contributed by atoms with van der Waals surface area (Å²) in [5.74, 6) is 0.101. The minimum atomic E-state index is -0.116. The van der Waals surface area contributed by atoms with Crippen molar-refractivity contribution in [2.24, 2.45) is 0 Å². The number of carbonyl (C=O) groups excluding carboxylic acids is 1. The molecule has 0 saturated carbocycles. The molecule has 2 heterocycles. The van der Waals surface area contributed by atoms with E-state index in [0.717, 1.165) is 18.1 Å². The largest absolute Gasteiger partial charge is 0.353 e. The lowest BCUT2D eigenvalue weighted by Crippen LogP contribution is -2.54. The number of thiazole rings is 1. The van der Waals surface area contributed by atoms with E-state index < -0.39 is 0 Å². The van der Waals surface area contributed by atoms with Crippen LogP contribution in [0, 0.1) is 0 Å². The lowest BCUT2D eigenvalue weighted by Gasteiger charge is -2.32. The summed E-state index contributed by atoms with van der Waals surface area (Å²) in [6, 6.07) is 0.318. The van der Waals surface area contributed by atoms with E-state index in [2.05, 4.69) is 15.5 Å². The number of nitrogens with one attached hydrogen (secondary N) is 2. The summed E-state index contributed by atoms with van der Waals surface area (Å²) in [6.07, 6.45) is 3.44. The molecule has 5 nitrogen and oxygen atoms in total. The third-order valence-electron chi connectivity index (χ3n) is 4.03. The van der Waals surface area contributed by atoms with Gasteiger partial charge >= 0.3 is 0 Å². The lowest BCUT2D eigenvalue weighted by atomic mass is 9.98. The van der Waals surface area contributed by atoms with E-state index in [-0.39, 0.29) is 11.9 Å². The van der Waals surface area contributed by atoms with Crippen LogP contribution in [-0.4, -0.2) is 37.1 Å². The Balaban J connectivity index is 1.89. The Morgan fingerprint density at radius 3 is 3.16 bits per heavy atom. The standard InChI is InChI=1S/C13H20N4OS/c1-8-12(18)15-6-7-17(8)13-16-10-5-3-4-9(14-2)11(10)19-13/h8-9,14H,3-7H2,1-2H3,(H,15,18). The van der Waals surface area contributed by atoms with Gasteiger partial charge in [-0.1, -0.05) is 11.3 Å². The Hall–Kier alpha value is -1.14. The molecule has 1 fully saturated rings. The SMILES string of the molecule is CNC1CCCc2nc(N3CCNC(=O)C3C)sc21. The number of amides is 1. The number of nitrogens with zero attached hydrogens (tertiary/aromatic N) is 2. The number of carbonyl (C=O) groups is 1. The number of anilines is 1. The molecular weight excluding hydrogens is 260 g/mol. The third kappa shape index (κ3) is 2.23. The Labute approximate surface area is 117 Å². The average Bonchev–Trinajstić information content (AvgIpc) is 2.85. The molecule has 3 rings (SSSR count). The fourth-order valence-electron chi connectivity index (χ4n) is 2.85. The first-order chi connectivity index (χ1) is 9.20. The Bertz CT molecular complexity index is 487. The first-order valence-corrected chi connectivity index (χ1v) is 7.73. The van der Waals surface area contributed by atoms with Crippen LogP contribution in [0.1, 0.15) is 36.4 Å². The minimum absolute atomic E-state index is 0.101. The van der Waals surface area contributed by atoms with Crippen molar-refractivity contribution in [3.63, 3.8) is 0 Å². The van der Waals surface area contributed by atoms with Crippen molar-refractivity contribution in [1.29, 1.82) is 0 Å².